The lowest BCUT2D eigenvalue weighted by molar-refractivity contribution is -0.139. The molecule has 0 saturated heterocycles. The number of carbonyl (C=O) groups excluding carboxylic acids is 2. The highest BCUT2D eigenvalue weighted by Gasteiger charge is 2.30. The molecule has 180 valence electrons. The standard InChI is InChI=1S/C23H29Cl2N3O4S/c1-4-5-13-26-23(30)17(2)27(15-18-7-6-8-20(25)14-18)22(29)16-28(33(3,31)32)21-11-9-19(24)10-12-21/h6-12,14,17H,4-5,13,15-16H2,1-3H3,(H,26,30)/t17-/m1/s1. The Bertz CT molecular complexity index is 1060. The second kappa shape index (κ2) is 12.3. The van der Waals surface area contributed by atoms with Crippen LogP contribution in [0.15, 0.2) is 48.5 Å². The van der Waals surface area contributed by atoms with Crippen LogP contribution in [0.25, 0.3) is 0 Å². The van der Waals surface area contributed by atoms with Gasteiger partial charge in [-0.2, -0.15) is 0 Å². The number of hydrogen-bond donors (Lipinski definition) is 1. The van der Waals surface area contributed by atoms with Crippen LogP contribution in [0.1, 0.15) is 32.3 Å². The number of nitrogens with one attached hydrogen (secondary N) is 1. The van der Waals surface area contributed by atoms with Crippen LogP contribution in [0.2, 0.25) is 10.0 Å². The molecule has 0 radical (unpaired) electrons. The lowest BCUT2D eigenvalue weighted by Gasteiger charge is -2.31. The number of anilines is 1. The fraction of sp³-hybridized carbons (Fsp3) is 0.391. The van der Waals surface area contributed by atoms with E-state index in [0.29, 0.717) is 22.3 Å². The normalized spacial score (nSPS) is 12.2. The molecule has 2 aromatic rings. The molecular weight excluding hydrogens is 485 g/mol. The van der Waals surface area contributed by atoms with Gasteiger partial charge in [0.2, 0.25) is 21.8 Å². The van der Waals surface area contributed by atoms with Gasteiger partial charge in [0.05, 0.1) is 11.9 Å². The molecule has 10 heteroatoms. The number of unbranched alkanes of at least 4 members (excludes halogenated alkanes) is 1. The van der Waals surface area contributed by atoms with Gasteiger partial charge in [0, 0.05) is 23.1 Å². The van der Waals surface area contributed by atoms with E-state index in [4.69, 9.17) is 23.2 Å². The summed E-state index contributed by atoms with van der Waals surface area (Å²) in [5.74, 6) is -0.829. The first-order chi connectivity index (χ1) is 15.5. The van der Waals surface area contributed by atoms with Gasteiger partial charge in [-0.25, -0.2) is 8.42 Å². The van der Waals surface area contributed by atoms with E-state index in [2.05, 4.69) is 5.32 Å². The van der Waals surface area contributed by atoms with Gasteiger partial charge >= 0.3 is 0 Å². The fourth-order valence-corrected chi connectivity index (χ4v) is 4.36. The maximum atomic E-state index is 13.4. The van der Waals surface area contributed by atoms with Crippen LogP contribution >= 0.6 is 23.2 Å². The van der Waals surface area contributed by atoms with E-state index in [1.807, 2.05) is 6.92 Å². The minimum absolute atomic E-state index is 0.0972. The largest absolute Gasteiger partial charge is 0.354 e. The van der Waals surface area contributed by atoms with Crippen molar-refractivity contribution in [3.05, 3.63) is 64.1 Å². The Labute approximate surface area is 205 Å². The molecule has 1 atom stereocenters. The second-order valence-corrected chi connectivity index (χ2v) is 10.5. The molecule has 0 aliphatic heterocycles. The molecule has 0 unspecified atom stereocenters. The zero-order valence-corrected chi connectivity index (χ0v) is 21.3. The van der Waals surface area contributed by atoms with Crippen molar-refractivity contribution in [1.29, 1.82) is 0 Å². The van der Waals surface area contributed by atoms with Crippen molar-refractivity contribution in [3.63, 3.8) is 0 Å². The van der Waals surface area contributed by atoms with Crippen LogP contribution in [-0.2, 0) is 26.2 Å². The number of amides is 2. The molecule has 0 aliphatic carbocycles. The maximum absolute atomic E-state index is 13.4. The average molecular weight is 514 g/mol. The molecule has 33 heavy (non-hydrogen) atoms. The smallest absolute Gasteiger partial charge is 0.244 e. The van der Waals surface area contributed by atoms with Crippen molar-refractivity contribution in [3.8, 4) is 0 Å². The van der Waals surface area contributed by atoms with Gasteiger partial charge in [-0.1, -0.05) is 48.7 Å². The quantitative estimate of drug-likeness (QED) is 0.458. The van der Waals surface area contributed by atoms with Crippen LogP contribution in [0, 0.1) is 0 Å². The third-order valence-corrected chi connectivity index (χ3v) is 6.66. The molecule has 0 aromatic heterocycles. The molecule has 2 amide bonds. The lowest BCUT2D eigenvalue weighted by atomic mass is 10.1. The summed E-state index contributed by atoms with van der Waals surface area (Å²) in [7, 11) is -3.78. The van der Waals surface area contributed by atoms with Crippen molar-refractivity contribution in [2.24, 2.45) is 0 Å². The van der Waals surface area contributed by atoms with Crippen LogP contribution in [0.3, 0.4) is 0 Å². The molecule has 2 aromatic carbocycles. The Kier molecular flexibility index (Phi) is 10.0. The van der Waals surface area contributed by atoms with Crippen LogP contribution in [0.4, 0.5) is 5.69 Å². The first-order valence-electron chi connectivity index (χ1n) is 10.6. The molecule has 0 spiro atoms. The number of halogens is 2. The molecule has 2 rings (SSSR count). The third-order valence-electron chi connectivity index (χ3n) is 5.03. The first kappa shape index (κ1) is 27.0. The summed E-state index contributed by atoms with van der Waals surface area (Å²) in [4.78, 5) is 27.5. The Morgan fingerprint density at radius 2 is 1.73 bits per heavy atom. The van der Waals surface area contributed by atoms with Crippen molar-refractivity contribution in [2.45, 2.75) is 39.3 Å². The van der Waals surface area contributed by atoms with Crippen LogP contribution in [0.5, 0.6) is 0 Å². The SMILES string of the molecule is CCCCNC(=O)[C@@H](C)N(Cc1cccc(Cl)c1)C(=O)CN(c1ccc(Cl)cc1)S(C)(=O)=O. The Morgan fingerprint density at radius 3 is 2.30 bits per heavy atom. The summed E-state index contributed by atoms with van der Waals surface area (Å²) in [5.41, 5.74) is 1.03. The number of carbonyl (C=O) groups is 2. The Hall–Kier alpha value is -2.29. The predicted octanol–water partition coefficient (Wildman–Crippen LogP) is 4.09. The second-order valence-electron chi connectivity index (χ2n) is 7.72. The molecule has 0 saturated carbocycles. The van der Waals surface area contributed by atoms with E-state index in [0.717, 1.165) is 29.0 Å². The van der Waals surface area contributed by atoms with Crippen molar-refractivity contribution in [2.75, 3.05) is 23.7 Å². The van der Waals surface area contributed by atoms with Gasteiger partial charge in [-0.3, -0.25) is 13.9 Å². The van der Waals surface area contributed by atoms with Crippen LogP contribution in [-0.4, -0.2) is 50.5 Å². The predicted molar refractivity (Wildman–Crippen MR) is 133 cm³/mol. The van der Waals surface area contributed by atoms with Crippen LogP contribution < -0.4 is 9.62 Å². The van der Waals surface area contributed by atoms with E-state index < -0.39 is 28.5 Å². The van der Waals surface area contributed by atoms with E-state index in [-0.39, 0.29) is 12.5 Å². The molecule has 0 bridgehead atoms. The zero-order chi connectivity index (χ0) is 24.6. The first-order valence-corrected chi connectivity index (χ1v) is 13.2. The number of sulfonamides is 1. The highest BCUT2D eigenvalue weighted by Crippen LogP contribution is 2.22. The maximum Gasteiger partial charge on any atom is 0.244 e. The van der Waals surface area contributed by atoms with E-state index in [9.17, 15) is 18.0 Å². The summed E-state index contributed by atoms with van der Waals surface area (Å²) in [6.45, 7) is 3.77. The van der Waals surface area contributed by atoms with E-state index in [1.54, 1.807) is 43.3 Å². The number of nitrogens with zero attached hydrogens (tertiary/aromatic N) is 2. The van der Waals surface area contributed by atoms with Gasteiger partial charge in [-0.05, 0) is 55.3 Å². The summed E-state index contributed by atoms with van der Waals surface area (Å²) in [5, 5.41) is 3.77. The van der Waals surface area contributed by atoms with E-state index >= 15 is 0 Å². The van der Waals surface area contributed by atoms with E-state index in [1.165, 1.54) is 17.0 Å². The minimum Gasteiger partial charge on any atom is -0.354 e. The highest BCUT2D eigenvalue weighted by molar-refractivity contribution is 7.92. The van der Waals surface area contributed by atoms with Crippen molar-refractivity contribution >= 4 is 50.7 Å². The highest BCUT2D eigenvalue weighted by atomic mass is 35.5. The van der Waals surface area contributed by atoms with Gasteiger partial charge in [0.25, 0.3) is 0 Å². The summed E-state index contributed by atoms with van der Waals surface area (Å²) in [6, 6.07) is 12.3. The van der Waals surface area contributed by atoms with Gasteiger partial charge < -0.3 is 10.2 Å². The molecule has 0 aliphatic rings. The number of hydrogen-bond acceptors (Lipinski definition) is 4. The third kappa shape index (κ3) is 8.21. The Morgan fingerprint density at radius 1 is 1.06 bits per heavy atom. The van der Waals surface area contributed by atoms with Gasteiger partial charge in [0.15, 0.2) is 0 Å². The molecule has 7 nitrogen and oxygen atoms in total. The fourth-order valence-electron chi connectivity index (χ4n) is 3.17. The topological polar surface area (TPSA) is 86.8 Å². The molecule has 0 fully saturated rings. The summed E-state index contributed by atoms with van der Waals surface area (Å²) >= 11 is 12.0. The summed E-state index contributed by atoms with van der Waals surface area (Å²) in [6.07, 6.45) is 2.76. The van der Waals surface area contributed by atoms with Gasteiger partial charge in [-0.15, -0.1) is 0 Å². The lowest BCUT2D eigenvalue weighted by Crippen LogP contribution is -2.51. The molecule has 1 N–H and O–H groups in total. The minimum atomic E-state index is -3.78. The number of rotatable bonds is 11. The number of benzene rings is 2. The average Bonchev–Trinajstić information content (AvgIpc) is 2.75. The van der Waals surface area contributed by atoms with Gasteiger partial charge in [0.1, 0.15) is 12.6 Å². The monoisotopic (exact) mass is 513 g/mol. The summed E-state index contributed by atoms with van der Waals surface area (Å²) < 4.78 is 26.0. The zero-order valence-electron chi connectivity index (χ0n) is 18.9. The Balaban J connectivity index is 2.33. The van der Waals surface area contributed by atoms with Crippen molar-refractivity contribution in [1.82, 2.24) is 10.2 Å². The molecule has 0 heterocycles. The van der Waals surface area contributed by atoms with Crippen molar-refractivity contribution < 1.29 is 18.0 Å². The molecular formula is C23H29Cl2N3O4S.